The number of nitrogens with one attached hydrogen (secondary N) is 2. The van der Waals surface area contributed by atoms with Crippen molar-refractivity contribution in [3.05, 3.63) is 58.6 Å². The minimum atomic E-state index is -0.739. The summed E-state index contributed by atoms with van der Waals surface area (Å²) < 4.78 is 0.943. The number of anilines is 1. The molecule has 126 valence electrons. The fraction of sp³-hybridized carbons (Fsp3) is 0. The molecule has 2 amide bonds. The van der Waals surface area contributed by atoms with E-state index in [0.29, 0.717) is 5.13 Å². The van der Waals surface area contributed by atoms with E-state index < -0.39 is 11.0 Å². The van der Waals surface area contributed by atoms with Gasteiger partial charge in [0.15, 0.2) is 0 Å². The van der Waals surface area contributed by atoms with Crippen molar-refractivity contribution in [3.8, 4) is 0 Å². The zero-order chi connectivity index (χ0) is 17.8. The topological polar surface area (TPSA) is 136 Å². The van der Waals surface area contributed by atoms with Crippen LogP contribution in [0, 0.1) is 10.1 Å². The second-order valence-corrected chi connectivity index (χ2v) is 5.82. The number of aromatic nitrogens is 1. The van der Waals surface area contributed by atoms with Gasteiger partial charge in [0.1, 0.15) is 5.69 Å². The highest BCUT2D eigenvalue weighted by Gasteiger charge is 2.15. The van der Waals surface area contributed by atoms with Crippen LogP contribution in [0.25, 0.3) is 10.2 Å². The van der Waals surface area contributed by atoms with Crippen LogP contribution < -0.4 is 16.4 Å². The van der Waals surface area contributed by atoms with Crippen LogP contribution in [0.4, 0.5) is 21.3 Å². The average Bonchev–Trinajstić information content (AvgIpc) is 2.96. The van der Waals surface area contributed by atoms with E-state index >= 15 is 0 Å². The number of rotatable bonds is 3. The number of nitrogens with two attached hydrogens (primary N) is 1. The molecule has 0 saturated heterocycles. The minimum absolute atomic E-state index is 0.0535. The van der Waals surface area contributed by atoms with Crippen LogP contribution in [0.1, 0.15) is 0 Å². The molecule has 10 heteroatoms. The number of nitro groups is 1. The van der Waals surface area contributed by atoms with E-state index in [1.54, 1.807) is 6.07 Å². The quantitative estimate of drug-likeness (QED) is 0.287. The van der Waals surface area contributed by atoms with Crippen molar-refractivity contribution in [2.75, 3.05) is 5.32 Å². The normalized spacial score (nSPS) is 11.3. The van der Waals surface area contributed by atoms with Gasteiger partial charge in [-0.1, -0.05) is 35.6 Å². The predicted octanol–water partition coefficient (Wildman–Crippen LogP) is 2.97. The second-order valence-electron chi connectivity index (χ2n) is 4.81. The Morgan fingerprint density at radius 2 is 1.92 bits per heavy atom. The predicted molar refractivity (Wildman–Crippen MR) is 96.2 cm³/mol. The third-order valence-electron chi connectivity index (χ3n) is 3.09. The molecule has 0 atom stereocenters. The number of carbonyl (C=O) groups is 1. The van der Waals surface area contributed by atoms with E-state index in [0.717, 1.165) is 10.2 Å². The van der Waals surface area contributed by atoms with Crippen molar-refractivity contribution in [2.24, 2.45) is 10.7 Å². The molecule has 25 heavy (non-hydrogen) atoms. The molecule has 0 aliphatic rings. The molecule has 2 aromatic carbocycles. The van der Waals surface area contributed by atoms with Crippen LogP contribution in [0.5, 0.6) is 0 Å². The molecule has 0 saturated carbocycles. The molecule has 1 aromatic heterocycles. The number of hydrogen-bond donors (Lipinski definition) is 3. The highest BCUT2D eigenvalue weighted by molar-refractivity contribution is 7.22. The molecule has 9 nitrogen and oxygen atoms in total. The Morgan fingerprint density at radius 1 is 1.20 bits per heavy atom. The summed E-state index contributed by atoms with van der Waals surface area (Å²) in [6, 6.07) is 12.5. The van der Waals surface area contributed by atoms with E-state index in [4.69, 9.17) is 5.73 Å². The molecular weight excluding hydrogens is 344 g/mol. The van der Waals surface area contributed by atoms with E-state index in [1.165, 1.54) is 29.5 Å². The number of fused-ring (bicyclic) bond motifs is 1. The summed E-state index contributed by atoms with van der Waals surface area (Å²) >= 11 is 1.32. The maximum atomic E-state index is 11.9. The first-order valence-electron chi connectivity index (χ1n) is 7.04. The fourth-order valence-corrected chi connectivity index (χ4v) is 2.90. The number of carbonyl (C=O) groups excluding carboxylic acids is 1. The summed E-state index contributed by atoms with van der Waals surface area (Å²) in [6.45, 7) is 0. The lowest BCUT2D eigenvalue weighted by Crippen LogP contribution is -2.39. The number of aliphatic imine (C=N–C) groups is 1. The first-order chi connectivity index (χ1) is 12.0. The summed E-state index contributed by atoms with van der Waals surface area (Å²) in [5.74, 6) is -0.171. The minimum Gasteiger partial charge on any atom is -0.369 e. The van der Waals surface area contributed by atoms with Gasteiger partial charge in [0.05, 0.1) is 15.1 Å². The Bertz CT molecular complexity index is 951. The average molecular weight is 356 g/mol. The number of benzene rings is 2. The van der Waals surface area contributed by atoms with Gasteiger partial charge in [-0.3, -0.25) is 15.4 Å². The van der Waals surface area contributed by atoms with E-state index in [-0.39, 0.29) is 17.3 Å². The largest absolute Gasteiger partial charge is 0.369 e. The SMILES string of the molecule is NC(=Nc1nc2ccccc2s1)NC(=O)Nc1ccccc1[N+](=O)[O-]. The Kier molecular flexibility index (Phi) is 4.53. The highest BCUT2D eigenvalue weighted by atomic mass is 32.1. The summed E-state index contributed by atoms with van der Waals surface area (Å²) in [7, 11) is 0. The van der Waals surface area contributed by atoms with Crippen LogP contribution in [-0.4, -0.2) is 21.9 Å². The molecule has 0 bridgehead atoms. The first kappa shape index (κ1) is 16.3. The number of amides is 2. The molecular formula is C15H12N6O3S. The van der Waals surface area contributed by atoms with Crippen LogP contribution in [0.3, 0.4) is 0 Å². The van der Waals surface area contributed by atoms with Gasteiger partial charge >= 0.3 is 6.03 Å². The van der Waals surface area contributed by atoms with Gasteiger partial charge in [-0.05, 0) is 18.2 Å². The van der Waals surface area contributed by atoms with Crippen LogP contribution in [0.15, 0.2) is 53.5 Å². The van der Waals surface area contributed by atoms with Gasteiger partial charge < -0.3 is 11.1 Å². The fourth-order valence-electron chi connectivity index (χ4n) is 2.05. The summed E-state index contributed by atoms with van der Waals surface area (Å²) in [6.07, 6.45) is 0. The molecule has 0 aliphatic carbocycles. The molecule has 3 rings (SSSR count). The van der Waals surface area contributed by atoms with E-state index in [1.807, 2.05) is 24.3 Å². The number of nitro benzene ring substituents is 1. The maximum Gasteiger partial charge on any atom is 0.326 e. The van der Waals surface area contributed by atoms with Crippen molar-refractivity contribution < 1.29 is 9.72 Å². The van der Waals surface area contributed by atoms with Crippen molar-refractivity contribution in [1.29, 1.82) is 0 Å². The summed E-state index contributed by atoms with van der Waals surface area (Å²) in [5, 5.41) is 16.0. The summed E-state index contributed by atoms with van der Waals surface area (Å²) in [5.41, 5.74) is 6.30. The lowest BCUT2D eigenvalue weighted by atomic mass is 10.3. The zero-order valence-electron chi connectivity index (χ0n) is 12.7. The first-order valence-corrected chi connectivity index (χ1v) is 7.86. The molecule has 0 unspecified atom stereocenters. The van der Waals surface area contributed by atoms with Gasteiger partial charge in [0.2, 0.25) is 11.1 Å². The van der Waals surface area contributed by atoms with Crippen molar-refractivity contribution in [1.82, 2.24) is 10.3 Å². The van der Waals surface area contributed by atoms with E-state index in [9.17, 15) is 14.9 Å². The number of guanidine groups is 1. The standard InChI is InChI=1S/C15H12N6O3S/c16-13(20-15-18-10-6-2-4-8-12(10)25-15)19-14(22)17-9-5-1-3-7-11(9)21(23)24/h1-8H,(H4,16,17,18,19,20,22). The molecule has 0 aliphatic heterocycles. The lowest BCUT2D eigenvalue weighted by Gasteiger charge is -2.06. The number of thiazole rings is 1. The molecule has 0 spiro atoms. The monoisotopic (exact) mass is 356 g/mol. The Labute approximate surface area is 145 Å². The Balaban J connectivity index is 1.71. The van der Waals surface area contributed by atoms with Crippen molar-refractivity contribution >= 4 is 50.1 Å². The molecule has 1 heterocycles. The van der Waals surface area contributed by atoms with Crippen molar-refractivity contribution in [3.63, 3.8) is 0 Å². The Morgan fingerprint density at radius 3 is 2.68 bits per heavy atom. The van der Waals surface area contributed by atoms with Crippen LogP contribution >= 0.6 is 11.3 Å². The number of nitrogens with zero attached hydrogens (tertiary/aromatic N) is 3. The van der Waals surface area contributed by atoms with Crippen molar-refractivity contribution in [2.45, 2.75) is 0 Å². The third kappa shape index (κ3) is 3.87. The van der Waals surface area contributed by atoms with Gasteiger partial charge in [0.25, 0.3) is 5.69 Å². The van der Waals surface area contributed by atoms with Gasteiger partial charge in [0, 0.05) is 6.07 Å². The number of hydrogen-bond acceptors (Lipinski definition) is 6. The van der Waals surface area contributed by atoms with Crippen LogP contribution in [0.2, 0.25) is 0 Å². The van der Waals surface area contributed by atoms with Gasteiger partial charge in [-0.2, -0.15) is 4.99 Å². The molecule has 4 N–H and O–H groups in total. The molecule has 3 aromatic rings. The van der Waals surface area contributed by atoms with E-state index in [2.05, 4.69) is 20.6 Å². The molecule has 0 fully saturated rings. The number of urea groups is 1. The smallest absolute Gasteiger partial charge is 0.326 e. The maximum absolute atomic E-state index is 11.9. The lowest BCUT2D eigenvalue weighted by molar-refractivity contribution is -0.383. The van der Waals surface area contributed by atoms with Gasteiger partial charge in [-0.15, -0.1) is 0 Å². The number of para-hydroxylation sites is 3. The second kappa shape index (κ2) is 6.93. The van der Waals surface area contributed by atoms with Crippen LogP contribution in [-0.2, 0) is 0 Å². The summed E-state index contributed by atoms with van der Waals surface area (Å²) in [4.78, 5) is 30.6. The Hall–Kier alpha value is -3.53. The highest BCUT2D eigenvalue weighted by Crippen LogP contribution is 2.27. The zero-order valence-corrected chi connectivity index (χ0v) is 13.5. The third-order valence-corrected chi connectivity index (χ3v) is 4.02. The van der Waals surface area contributed by atoms with Gasteiger partial charge in [-0.25, -0.2) is 9.78 Å². The molecule has 0 radical (unpaired) electrons.